The molecule has 2 aromatic carbocycles. The summed E-state index contributed by atoms with van der Waals surface area (Å²) in [6.07, 6.45) is 0. The molecule has 1 N–H and O–H groups in total. The summed E-state index contributed by atoms with van der Waals surface area (Å²) in [6.45, 7) is -0.0956. The molecule has 118 valence electrons. The van der Waals surface area contributed by atoms with Crippen molar-refractivity contribution in [3.8, 4) is 5.69 Å². The number of tetrazole rings is 1. The number of hydrogen-bond acceptors (Lipinski definition) is 5. The number of halogens is 1. The Balaban J connectivity index is 1.79. The average Bonchev–Trinajstić information content (AvgIpc) is 3.03. The van der Waals surface area contributed by atoms with Gasteiger partial charge in [0.05, 0.1) is 17.1 Å². The van der Waals surface area contributed by atoms with E-state index in [0.717, 1.165) is 12.1 Å². The Kier molecular flexibility index (Phi) is 4.13. The molecule has 3 aromatic rings. The van der Waals surface area contributed by atoms with Gasteiger partial charge in [0, 0.05) is 0 Å². The van der Waals surface area contributed by atoms with Gasteiger partial charge in [0.25, 0.3) is 0 Å². The maximum Gasteiger partial charge on any atom is 0.240 e. The van der Waals surface area contributed by atoms with Crippen LogP contribution in [0, 0.1) is 5.82 Å². The molecule has 0 spiro atoms. The van der Waals surface area contributed by atoms with Crippen LogP contribution in [0.25, 0.3) is 5.69 Å². The minimum absolute atomic E-state index is 0.0300. The monoisotopic (exact) mass is 333 g/mol. The number of rotatable bonds is 5. The third kappa shape index (κ3) is 3.41. The van der Waals surface area contributed by atoms with Crippen LogP contribution in [-0.2, 0) is 16.6 Å². The largest absolute Gasteiger partial charge is 0.240 e. The molecule has 7 nitrogen and oxygen atoms in total. The summed E-state index contributed by atoms with van der Waals surface area (Å²) < 4.78 is 41.1. The second-order valence-electron chi connectivity index (χ2n) is 4.62. The lowest BCUT2D eigenvalue weighted by atomic mass is 10.3. The molecule has 1 aromatic heterocycles. The van der Waals surface area contributed by atoms with Crippen molar-refractivity contribution < 1.29 is 12.8 Å². The molecule has 0 saturated carbocycles. The fraction of sp³-hybridized carbons (Fsp3) is 0.0714. The molecule has 1 heterocycles. The zero-order chi connectivity index (χ0) is 16.3. The third-order valence-corrected chi connectivity index (χ3v) is 4.50. The summed E-state index contributed by atoms with van der Waals surface area (Å²) in [4.78, 5) is -0.0300. The van der Waals surface area contributed by atoms with E-state index in [-0.39, 0.29) is 11.4 Å². The number of nitrogens with one attached hydrogen (secondary N) is 1. The Morgan fingerprint density at radius 3 is 2.43 bits per heavy atom. The molecule has 0 aliphatic heterocycles. The minimum Gasteiger partial charge on any atom is -0.207 e. The molecule has 0 radical (unpaired) electrons. The molecular formula is C14H12FN5O2S. The minimum atomic E-state index is -3.78. The highest BCUT2D eigenvalue weighted by Crippen LogP contribution is 2.11. The molecule has 3 rings (SSSR count). The fourth-order valence-electron chi connectivity index (χ4n) is 1.94. The van der Waals surface area contributed by atoms with E-state index in [1.807, 2.05) is 18.2 Å². The quantitative estimate of drug-likeness (QED) is 0.760. The molecule has 23 heavy (non-hydrogen) atoms. The van der Waals surface area contributed by atoms with Crippen LogP contribution in [0.5, 0.6) is 0 Å². The zero-order valence-corrected chi connectivity index (χ0v) is 12.6. The molecule has 0 unspecified atom stereocenters. The summed E-state index contributed by atoms with van der Waals surface area (Å²) in [5.74, 6) is -0.168. The van der Waals surface area contributed by atoms with Crippen molar-refractivity contribution in [2.75, 3.05) is 0 Å². The van der Waals surface area contributed by atoms with Gasteiger partial charge in [-0.05, 0) is 46.8 Å². The van der Waals surface area contributed by atoms with Crippen LogP contribution in [0.4, 0.5) is 4.39 Å². The summed E-state index contributed by atoms with van der Waals surface area (Å²) in [7, 11) is -3.78. The summed E-state index contributed by atoms with van der Waals surface area (Å²) in [5, 5.41) is 11.2. The van der Waals surface area contributed by atoms with E-state index in [2.05, 4.69) is 20.2 Å². The molecule has 0 fully saturated rings. The van der Waals surface area contributed by atoms with E-state index < -0.39 is 15.8 Å². The Hall–Kier alpha value is -2.65. The first-order valence-electron chi connectivity index (χ1n) is 6.64. The highest BCUT2D eigenvalue weighted by Gasteiger charge is 2.16. The Bertz CT molecular complexity index is 894. The van der Waals surface area contributed by atoms with Crippen LogP contribution in [0.1, 0.15) is 5.82 Å². The van der Waals surface area contributed by atoms with Crippen molar-refractivity contribution in [3.05, 3.63) is 66.2 Å². The number of aromatic nitrogens is 4. The predicted octanol–water partition coefficient (Wildman–Crippen LogP) is 1.28. The maximum atomic E-state index is 12.9. The van der Waals surface area contributed by atoms with E-state index in [1.54, 1.807) is 12.1 Å². The van der Waals surface area contributed by atoms with Gasteiger partial charge in [0.2, 0.25) is 10.0 Å². The summed E-state index contributed by atoms with van der Waals surface area (Å²) in [6, 6.07) is 13.7. The second kappa shape index (κ2) is 6.23. The third-order valence-electron chi connectivity index (χ3n) is 3.08. The smallest absolute Gasteiger partial charge is 0.207 e. The number of hydrogen-bond donors (Lipinski definition) is 1. The lowest BCUT2D eigenvalue weighted by Crippen LogP contribution is -2.25. The van der Waals surface area contributed by atoms with Crippen LogP contribution in [0.3, 0.4) is 0 Å². The lowest BCUT2D eigenvalue weighted by Gasteiger charge is -2.07. The first-order chi connectivity index (χ1) is 11.1. The normalized spacial score (nSPS) is 11.5. The second-order valence-corrected chi connectivity index (χ2v) is 6.39. The van der Waals surface area contributed by atoms with Crippen LogP contribution in [0.2, 0.25) is 0 Å². The molecule has 9 heteroatoms. The number of benzene rings is 2. The highest BCUT2D eigenvalue weighted by molar-refractivity contribution is 7.89. The average molecular weight is 333 g/mol. The predicted molar refractivity (Wildman–Crippen MR) is 79.6 cm³/mol. The van der Waals surface area contributed by atoms with Crippen LogP contribution in [0.15, 0.2) is 59.5 Å². The van der Waals surface area contributed by atoms with Crippen LogP contribution in [-0.4, -0.2) is 28.6 Å². The van der Waals surface area contributed by atoms with E-state index in [9.17, 15) is 12.8 Å². The molecule has 0 aliphatic rings. The van der Waals surface area contributed by atoms with Gasteiger partial charge in [-0.15, -0.1) is 5.10 Å². The van der Waals surface area contributed by atoms with Gasteiger partial charge in [-0.25, -0.2) is 17.5 Å². The molecular weight excluding hydrogens is 321 g/mol. The van der Waals surface area contributed by atoms with Gasteiger partial charge in [-0.2, -0.15) is 4.68 Å². The van der Waals surface area contributed by atoms with Crippen LogP contribution >= 0.6 is 0 Å². The number of para-hydroxylation sites is 1. The summed E-state index contributed by atoms with van der Waals surface area (Å²) >= 11 is 0. The number of nitrogens with zero attached hydrogens (tertiary/aromatic N) is 4. The first-order valence-corrected chi connectivity index (χ1v) is 8.12. The summed E-state index contributed by atoms with van der Waals surface area (Å²) in [5.41, 5.74) is 0.716. The molecule has 0 aliphatic carbocycles. The van der Waals surface area contributed by atoms with Crippen molar-refractivity contribution in [3.63, 3.8) is 0 Å². The van der Waals surface area contributed by atoms with Gasteiger partial charge in [-0.3, -0.25) is 0 Å². The SMILES string of the molecule is O=S(=O)(NCc1nnnn1-c1ccccc1)c1ccc(F)cc1. The van der Waals surface area contributed by atoms with Crippen LogP contribution < -0.4 is 4.72 Å². The Labute approximate surface area is 131 Å². The van der Waals surface area contributed by atoms with Crippen molar-refractivity contribution in [2.24, 2.45) is 0 Å². The topological polar surface area (TPSA) is 89.8 Å². The molecule has 0 amide bonds. The lowest BCUT2D eigenvalue weighted by molar-refractivity contribution is 0.577. The fourth-order valence-corrected chi connectivity index (χ4v) is 2.92. The van der Waals surface area contributed by atoms with Crippen molar-refractivity contribution >= 4 is 10.0 Å². The highest BCUT2D eigenvalue weighted by atomic mass is 32.2. The van der Waals surface area contributed by atoms with Gasteiger partial charge >= 0.3 is 0 Å². The van der Waals surface area contributed by atoms with Gasteiger partial charge < -0.3 is 0 Å². The van der Waals surface area contributed by atoms with E-state index >= 15 is 0 Å². The van der Waals surface area contributed by atoms with Gasteiger partial charge in [0.1, 0.15) is 5.82 Å². The zero-order valence-electron chi connectivity index (χ0n) is 11.8. The van der Waals surface area contributed by atoms with Crippen molar-refractivity contribution in [2.45, 2.75) is 11.4 Å². The number of sulfonamides is 1. The van der Waals surface area contributed by atoms with E-state index in [1.165, 1.54) is 16.8 Å². The maximum absolute atomic E-state index is 12.9. The Morgan fingerprint density at radius 1 is 1.04 bits per heavy atom. The Morgan fingerprint density at radius 2 is 1.74 bits per heavy atom. The van der Waals surface area contributed by atoms with Crippen molar-refractivity contribution in [1.82, 2.24) is 24.9 Å². The molecule has 0 saturated heterocycles. The van der Waals surface area contributed by atoms with E-state index in [0.29, 0.717) is 11.5 Å². The van der Waals surface area contributed by atoms with Crippen molar-refractivity contribution in [1.29, 1.82) is 0 Å². The first kappa shape index (κ1) is 15.3. The molecule has 0 atom stereocenters. The standard InChI is InChI=1S/C14H12FN5O2S/c15-11-6-8-13(9-7-11)23(21,22)16-10-14-17-18-19-20(14)12-4-2-1-3-5-12/h1-9,16H,10H2. The van der Waals surface area contributed by atoms with Gasteiger partial charge in [0.15, 0.2) is 5.82 Å². The molecule has 0 bridgehead atoms. The van der Waals surface area contributed by atoms with E-state index in [4.69, 9.17) is 0 Å². The van der Waals surface area contributed by atoms with Gasteiger partial charge in [-0.1, -0.05) is 18.2 Å².